The van der Waals surface area contributed by atoms with Gasteiger partial charge in [0.05, 0.1) is 0 Å². The van der Waals surface area contributed by atoms with Crippen molar-refractivity contribution in [2.45, 2.75) is 20.3 Å². The summed E-state index contributed by atoms with van der Waals surface area (Å²) in [6.07, 6.45) is 1.15. The van der Waals surface area contributed by atoms with Gasteiger partial charge in [0.25, 0.3) is 0 Å². The third-order valence-electron chi connectivity index (χ3n) is 3.99. The van der Waals surface area contributed by atoms with Gasteiger partial charge in [-0.15, -0.1) is 24.0 Å². The molecule has 2 rings (SSSR count). The quantitative estimate of drug-likeness (QED) is 0.449. The zero-order chi connectivity index (χ0) is 15.9. The highest BCUT2D eigenvalue weighted by Gasteiger charge is 2.19. The maximum Gasteiger partial charge on any atom is 0.193 e. The molecule has 130 valence electrons. The monoisotopic (exact) mass is 434 g/mol. The number of guanidine groups is 1. The second-order valence-corrected chi connectivity index (χ2v) is 6.11. The first kappa shape index (κ1) is 20.0. The molecule has 0 aromatic heterocycles. The minimum absolute atomic E-state index is 0. The van der Waals surface area contributed by atoms with E-state index in [0.717, 1.165) is 50.8 Å². The van der Waals surface area contributed by atoms with Crippen LogP contribution in [0.1, 0.15) is 20.3 Å². The van der Waals surface area contributed by atoms with E-state index in [9.17, 15) is 4.39 Å². The van der Waals surface area contributed by atoms with Crippen molar-refractivity contribution in [2.24, 2.45) is 10.9 Å². The van der Waals surface area contributed by atoms with Crippen LogP contribution in [0.5, 0.6) is 0 Å². The Hall–Kier alpha value is -1.05. The van der Waals surface area contributed by atoms with Crippen LogP contribution in [0.3, 0.4) is 0 Å². The number of hydrogen-bond acceptors (Lipinski definition) is 2. The zero-order valence-electron chi connectivity index (χ0n) is 14.3. The molecule has 0 aliphatic carbocycles. The summed E-state index contributed by atoms with van der Waals surface area (Å²) in [4.78, 5) is 8.96. The Morgan fingerprint density at radius 3 is 2.30 bits per heavy atom. The third-order valence-corrected chi connectivity index (χ3v) is 3.99. The van der Waals surface area contributed by atoms with Gasteiger partial charge >= 0.3 is 0 Å². The van der Waals surface area contributed by atoms with Crippen molar-refractivity contribution in [2.75, 3.05) is 44.7 Å². The van der Waals surface area contributed by atoms with E-state index in [1.807, 2.05) is 19.2 Å². The Morgan fingerprint density at radius 1 is 1.17 bits per heavy atom. The van der Waals surface area contributed by atoms with Gasteiger partial charge in [-0.05, 0) is 36.6 Å². The van der Waals surface area contributed by atoms with E-state index in [-0.39, 0.29) is 29.8 Å². The Bertz CT molecular complexity index is 482. The first-order valence-corrected chi connectivity index (χ1v) is 8.06. The number of nitrogens with zero attached hydrogens (tertiary/aromatic N) is 3. The minimum Gasteiger partial charge on any atom is -0.368 e. The van der Waals surface area contributed by atoms with Crippen molar-refractivity contribution in [1.82, 2.24) is 10.2 Å². The van der Waals surface area contributed by atoms with Crippen molar-refractivity contribution in [3.63, 3.8) is 0 Å². The number of halogens is 2. The highest BCUT2D eigenvalue weighted by atomic mass is 127. The molecule has 1 heterocycles. The molecule has 1 saturated heterocycles. The van der Waals surface area contributed by atoms with E-state index < -0.39 is 0 Å². The summed E-state index contributed by atoms with van der Waals surface area (Å²) in [6.45, 7) is 9.13. The molecule has 0 radical (unpaired) electrons. The molecule has 1 aromatic rings. The van der Waals surface area contributed by atoms with Crippen LogP contribution in [-0.4, -0.2) is 50.6 Å². The molecule has 0 spiro atoms. The molecular weight excluding hydrogens is 406 g/mol. The van der Waals surface area contributed by atoms with Crippen molar-refractivity contribution < 1.29 is 4.39 Å². The molecule has 0 amide bonds. The van der Waals surface area contributed by atoms with Crippen molar-refractivity contribution in [1.29, 1.82) is 0 Å². The Labute approximate surface area is 156 Å². The maximum absolute atomic E-state index is 13.0. The van der Waals surface area contributed by atoms with E-state index in [0.29, 0.717) is 5.92 Å². The Balaban J connectivity index is 0.00000264. The van der Waals surface area contributed by atoms with E-state index in [2.05, 4.69) is 34.0 Å². The molecule has 23 heavy (non-hydrogen) atoms. The summed E-state index contributed by atoms with van der Waals surface area (Å²) in [5.41, 5.74) is 1.09. The van der Waals surface area contributed by atoms with Gasteiger partial charge in [0.15, 0.2) is 5.96 Å². The summed E-state index contributed by atoms with van der Waals surface area (Å²) in [5.74, 6) is 1.50. The highest BCUT2D eigenvalue weighted by Crippen LogP contribution is 2.16. The number of rotatable bonds is 4. The molecule has 0 saturated carbocycles. The fourth-order valence-electron chi connectivity index (χ4n) is 2.63. The van der Waals surface area contributed by atoms with Crippen LogP contribution in [-0.2, 0) is 0 Å². The Kier molecular flexibility index (Phi) is 8.65. The molecule has 1 aromatic carbocycles. The van der Waals surface area contributed by atoms with Gasteiger partial charge in [-0.2, -0.15) is 0 Å². The number of anilines is 1. The topological polar surface area (TPSA) is 30.9 Å². The lowest BCUT2D eigenvalue weighted by Crippen LogP contribution is -2.52. The third kappa shape index (κ3) is 6.16. The van der Waals surface area contributed by atoms with Crippen molar-refractivity contribution in [3.05, 3.63) is 30.1 Å². The van der Waals surface area contributed by atoms with Crippen LogP contribution in [0.2, 0.25) is 0 Å². The molecule has 0 bridgehead atoms. The van der Waals surface area contributed by atoms with Crippen LogP contribution in [0.25, 0.3) is 0 Å². The smallest absolute Gasteiger partial charge is 0.193 e. The first-order valence-electron chi connectivity index (χ1n) is 8.06. The van der Waals surface area contributed by atoms with Crippen molar-refractivity contribution in [3.8, 4) is 0 Å². The van der Waals surface area contributed by atoms with Crippen LogP contribution in [0.4, 0.5) is 10.1 Å². The maximum atomic E-state index is 13.0. The lowest BCUT2D eigenvalue weighted by Gasteiger charge is -2.37. The molecule has 1 aliphatic heterocycles. The predicted molar refractivity (Wildman–Crippen MR) is 106 cm³/mol. The molecule has 1 fully saturated rings. The fraction of sp³-hybridized carbons (Fsp3) is 0.588. The summed E-state index contributed by atoms with van der Waals surface area (Å²) in [6, 6.07) is 6.74. The SMILES string of the molecule is CN=C(NCCC(C)C)N1CCN(c2ccc(F)cc2)CC1.I. The number of aliphatic imine (C=N–C) groups is 1. The average Bonchev–Trinajstić information content (AvgIpc) is 2.52. The van der Waals surface area contributed by atoms with Crippen LogP contribution in [0.15, 0.2) is 29.3 Å². The summed E-state index contributed by atoms with van der Waals surface area (Å²) >= 11 is 0. The van der Waals surface area contributed by atoms with Gasteiger partial charge in [-0.25, -0.2) is 4.39 Å². The number of benzene rings is 1. The lowest BCUT2D eigenvalue weighted by atomic mass is 10.1. The van der Waals surface area contributed by atoms with E-state index in [1.54, 1.807) is 0 Å². The standard InChI is InChI=1S/C17H27FN4.HI/c1-14(2)8-9-20-17(19-3)22-12-10-21(11-13-22)16-6-4-15(18)5-7-16;/h4-7,14H,8-13H2,1-3H3,(H,19,20);1H. The molecule has 4 nitrogen and oxygen atoms in total. The minimum atomic E-state index is -0.183. The normalized spacial score (nSPS) is 15.6. The molecule has 0 atom stereocenters. The van der Waals surface area contributed by atoms with E-state index in [4.69, 9.17) is 0 Å². The van der Waals surface area contributed by atoms with Crippen LogP contribution < -0.4 is 10.2 Å². The number of hydrogen-bond donors (Lipinski definition) is 1. The number of piperazine rings is 1. The molecule has 1 aliphatic rings. The summed E-state index contributed by atoms with van der Waals surface area (Å²) in [7, 11) is 1.84. The second-order valence-electron chi connectivity index (χ2n) is 6.11. The van der Waals surface area contributed by atoms with Crippen LogP contribution >= 0.6 is 24.0 Å². The Morgan fingerprint density at radius 2 is 1.78 bits per heavy atom. The highest BCUT2D eigenvalue weighted by molar-refractivity contribution is 14.0. The summed E-state index contributed by atoms with van der Waals surface area (Å²) < 4.78 is 13.0. The molecule has 0 unspecified atom stereocenters. The number of nitrogens with one attached hydrogen (secondary N) is 1. The van der Waals surface area contributed by atoms with Gasteiger partial charge in [0.1, 0.15) is 5.82 Å². The first-order chi connectivity index (χ1) is 10.6. The van der Waals surface area contributed by atoms with E-state index >= 15 is 0 Å². The van der Waals surface area contributed by atoms with Crippen LogP contribution in [0, 0.1) is 11.7 Å². The van der Waals surface area contributed by atoms with Crippen molar-refractivity contribution >= 4 is 35.6 Å². The summed E-state index contributed by atoms with van der Waals surface area (Å²) in [5, 5.41) is 3.44. The largest absolute Gasteiger partial charge is 0.368 e. The van der Waals surface area contributed by atoms with Gasteiger partial charge in [-0.1, -0.05) is 13.8 Å². The van der Waals surface area contributed by atoms with Gasteiger partial charge in [-0.3, -0.25) is 4.99 Å². The van der Waals surface area contributed by atoms with Gasteiger partial charge in [0.2, 0.25) is 0 Å². The second kappa shape index (κ2) is 9.95. The molecule has 6 heteroatoms. The lowest BCUT2D eigenvalue weighted by molar-refractivity contribution is 0.371. The molecular formula is C17H28FIN4. The zero-order valence-corrected chi connectivity index (χ0v) is 16.6. The predicted octanol–water partition coefficient (Wildman–Crippen LogP) is 3.19. The van der Waals surface area contributed by atoms with E-state index in [1.165, 1.54) is 12.1 Å². The van der Waals surface area contributed by atoms with Gasteiger partial charge in [0, 0.05) is 45.5 Å². The average molecular weight is 434 g/mol. The fourth-order valence-corrected chi connectivity index (χ4v) is 2.63. The van der Waals surface area contributed by atoms with Gasteiger partial charge < -0.3 is 15.1 Å². The molecule has 1 N–H and O–H groups in total.